The summed E-state index contributed by atoms with van der Waals surface area (Å²) in [6, 6.07) is 1.52. The Bertz CT molecular complexity index is 1860. The van der Waals surface area contributed by atoms with Crippen LogP contribution in [0.5, 0.6) is 11.5 Å². The largest absolute Gasteiger partial charge is 0.503 e. The smallest absolute Gasteiger partial charge is 0.352 e. The summed E-state index contributed by atoms with van der Waals surface area (Å²) in [6.45, 7) is 4.07. The predicted molar refractivity (Wildman–Crippen MR) is 187 cm³/mol. The number of hydrogen-bond donors (Lipinski definition) is 6. The summed E-state index contributed by atoms with van der Waals surface area (Å²) in [4.78, 5) is 74.4. The molecule has 2 atom stereocenters. The number of rotatable bonds is 14. The fourth-order valence-electron chi connectivity index (χ4n) is 6.11. The van der Waals surface area contributed by atoms with Gasteiger partial charge in [-0.2, -0.15) is 0 Å². The van der Waals surface area contributed by atoms with E-state index in [1.165, 1.54) is 50.2 Å². The molecular formula is C31H37ClN7O11S2+. The van der Waals surface area contributed by atoms with Crippen LogP contribution < -0.4 is 15.8 Å². The van der Waals surface area contributed by atoms with Crippen molar-refractivity contribution in [2.45, 2.75) is 43.7 Å². The lowest BCUT2D eigenvalue weighted by Crippen LogP contribution is -2.71. The molecule has 0 radical (unpaired) electrons. The number of β-lactam (4-membered cyclic amide) rings is 1. The van der Waals surface area contributed by atoms with E-state index in [0.717, 1.165) is 29.1 Å². The molecule has 18 nitrogen and oxygen atoms in total. The number of carboxylic acids is 2. The number of phenolic OH excluding ortho intramolecular Hbond substituents is 1. The minimum Gasteiger partial charge on any atom is -0.503 e. The number of quaternary nitrogens is 1. The van der Waals surface area contributed by atoms with Crippen molar-refractivity contribution in [3.8, 4) is 11.5 Å². The van der Waals surface area contributed by atoms with Crippen molar-refractivity contribution in [2.75, 3.05) is 51.3 Å². The van der Waals surface area contributed by atoms with Crippen LogP contribution in [-0.2, 0) is 24.0 Å². The van der Waals surface area contributed by atoms with E-state index in [1.807, 2.05) is 0 Å². The van der Waals surface area contributed by atoms with E-state index in [-0.39, 0.29) is 58.2 Å². The third-order valence-corrected chi connectivity index (χ3v) is 11.4. The second kappa shape index (κ2) is 15.2. The number of nitrogens with two attached hydrogens (primary N) is 1. The molecule has 1 aromatic carbocycles. The Hall–Kier alpha value is -4.63. The van der Waals surface area contributed by atoms with E-state index in [1.54, 1.807) is 0 Å². The van der Waals surface area contributed by atoms with Gasteiger partial charge in [0.1, 0.15) is 29.4 Å². The number of halogens is 1. The lowest BCUT2D eigenvalue weighted by Gasteiger charge is -2.50. The van der Waals surface area contributed by atoms with Crippen LogP contribution in [0.2, 0.25) is 5.02 Å². The molecule has 2 fully saturated rings. The van der Waals surface area contributed by atoms with E-state index < -0.39 is 58.1 Å². The maximum absolute atomic E-state index is 13.5. The van der Waals surface area contributed by atoms with E-state index in [4.69, 9.17) is 26.9 Å². The van der Waals surface area contributed by atoms with Crippen LogP contribution in [0.15, 0.2) is 33.9 Å². The SMILES string of the molecule is COc1ccc(C(=O)N(O)CC[N+]2(CC3=C(C(=O)O)N4C(=O)[C@@H](NC(=O)/C(=N\OC(C)(C)C(=O)O)c5csc(N)n5)[C@H]4SC3)CCCC2)c(Cl)c1O. The molecule has 1 aromatic heterocycles. The number of thiazole rings is 1. The summed E-state index contributed by atoms with van der Waals surface area (Å²) in [5.41, 5.74) is 3.63. The average molecular weight is 783 g/mol. The third-order valence-electron chi connectivity index (χ3n) is 8.99. The van der Waals surface area contributed by atoms with Gasteiger partial charge in [0.05, 0.1) is 43.9 Å². The molecule has 4 heterocycles. The van der Waals surface area contributed by atoms with Crippen LogP contribution in [0.3, 0.4) is 0 Å². The third kappa shape index (κ3) is 7.61. The maximum atomic E-state index is 13.5. The van der Waals surface area contributed by atoms with Crippen LogP contribution in [0.1, 0.15) is 42.7 Å². The van der Waals surface area contributed by atoms with E-state index in [0.29, 0.717) is 28.2 Å². The van der Waals surface area contributed by atoms with Crippen LogP contribution in [0, 0.1) is 0 Å². The van der Waals surface area contributed by atoms with Crippen molar-refractivity contribution >= 4 is 75.2 Å². The molecule has 0 aliphatic carbocycles. The summed E-state index contributed by atoms with van der Waals surface area (Å²) in [7, 11) is 1.33. The number of benzene rings is 1. The van der Waals surface area contributed by atoms with Gasteiger partial charge in [-0.1, -0.05) is 16.8 Å². The highest BCUT2D eigenvalue weighted by molar-refractivity contribution is 8.00. The predicted octanol–water partition coefficient (Wildman–Crippen LogP) is 1.56. The molecule has 3 amide bonds. The van der Waals surface area contributed by atoms with Gasteiger partial charge in [0, 0.05) is 29.5 Å². The van der Waals surface area contributed by atoms with Gasteiger partial charge in [-0.25, -0.2) is 19.6 Å². The minimum atomic E-state index is -1.80. The zero-order valence-electron chi connectivity index (χ0n) is 28.2. The number of carboxylic acid groups (broad SMARTS) is 2. The quantitative estimate of drug-likeness (QED) is 0.0523. The van der Waals surface area contributed by atoms with Gasteiger partial charge < -0.3 is 40.4 Å². The number of carbonyl (C=O) groups excluding carboxylic acids is 3. The first-order valence-electron chi connectivity index (χ1n) is 15.8. The summed E-state index contributed by atoms with van der Waals surface area (Å²) >= 11 is 8.42. The van der Waals surface area contributed by atoms with Crippen LogP contribution in [0.25, 0.3) is 0 Å². The van der Waals surface area contributed by atoms with Gasteiger partial charge in [-0.3, -0.25) is 24.5 Å². The number of nitrogens with one attached hydrogen (secondary N) is 1. The molecule has 5 rings (SSSR count). The molecule has 3 aliphatic heterocycles. The number of likely N-dealkylation sites (tertiary alicyclic amines) is 1. The van der Waals surface area contributed by atoms with Crippen molar-refractivity contribution in [1.29, 1.82) is 0 Å². The molecule has 0 bridgehead atoms. The zero-order chi connectivity index (χ0) is 38.1. The first-order valence-corrected chi connectivity index (χ1v) is 18.1. The fourth-order valence-corrected chi connectivity index (χ4v) is 8.23. The van der Waals surface area contributed by atoms with E-state index in [2.05, 4.69) is 15.5 Å². The van der Waals surface area contributed by atoms with Crippen molar-refractivity contribution in [2.24, 2.45) is 5.16 Å². The molecular weight excluding hydrogens is 746 g/mol. The monoisotopic (exact) mass is 782 g/mol. The molecule has 2 saturated heterocycles. The van der Waals surface area contributed by atoms with Crippen molar-refractivity contribution < 1.29 is 58.6 Å². The standard InChI is InChI=1S/C31H36ClN7O11S2/c1-31(2,29(46)47)50-36-20(17-14-52-30(33)34-17)24(41)35-21-26(43)38-22(28(44)45)15(13-51-27(21)38)12-39(9-4-5-10-39)11-8-37(48)25(42)16-6-7-18(49-3)23(40)19(16)32/h6-7,14,21,27,48H,4-5,8-13H2,1-3H3,(H5-,33,34,35,40,41,44,45,46,47)/p+1/b36-20-/t21-,27-/m1/s1. The van der Waals surface area contributed by atoms with Gasteiger partial charge in [0.2, 0.25) is 5.60 Å². The fraction of sp³-hybridized carbons (Fsp3) is 0.452. The number of thioether (sulfide) groups is 1. The number of oxime groups is 1. The summed E-state index contributed by atoms with van der Waals surface area (Å²) in [6.07, 6.45) is 1.64. The number of nitrogens with zero attached hydrogens (tertiary/aromatic N) is 5. The van der Waals surface area contributed by atoms with Gasteiger partial charge in [0.15, 0.2) is 22.3 Å². The van der Waals surface area contributed by atoms with E-state index in [9.17, 15) is 44.5 Å². The molecule has 7 N–H and O–H groups in total. The molecule has 2 aromatic rings. The molecule has 0 saturated carbocycles. The topological polar surface area (TPSA) is 255 Å². The van der Waals surface area contributed by atoms with Gasteiger partial charge in [0.25, 0.3) is 17.7 Å². The lowest BCUT2D eigenvalue weighted by atomic mass is 10.0. The average Bonchev–Trinajstić information content (AvgIpc) is 3.75. The van der Waals surface area contributed by atoms with Gasteiger partial charge in [-0.05, 0) is 26.0 Å². The molecule has 52 heavy (non-hydrogen) atoms. The summed E-state index contributed by atoms with van der Waals surface area (Å²) in [5, 5.41) is 47.9. The van der Waals surface area contributed by atoms with E-state index >= 15 is 0 Å². The normalized spacial score (nSPS) is 19.8. The molecule has 0 spiro atoms. The number of methoxy groups -OCH3 is 1. The Morgan fingerprint density at radius 2 is 1.92 bits per heavy atom. The number of amides is 3. The number of aromatic nitrogens is 1. The number of fused-ring (bicyclic) bond motifs is 1. The summed E-state index contributed by atoms with van der Waals surface area (Å²) < 4.78 is 5.34. The molecule has 280 valence electrons. The van der Waals surface area contributed by atoms with Crippen molar-refractivity contribution in [3.05, 3.63) is 45.1 Å². The minimum absolute atomic E-state index is 0.0115. The number of aliphatic carboxylic acids is 2. The highest BCUT2D eigenvalue weighted by atomic mass is 35.5. The van der Waals surface area contributed by atoms with Crippen LogP contribution >= 0.6 is 34.7 Å². The Labute approximate surface area is 309 Å². The Morgan fingerprint density at radius 1 is 1.23 bits per heavy atom. The number of nitrogen functional groups attached to an aromatic ring is 1. The first kappa shape index (κ1) is 38.6. The molecule has 3 aliphatic rings. The Morgan fingerprint density at radius 3 is 2.52 bits per heavy atom. The second-order valence-electron chi connectivity index (χ2n) is 12.8. The maximum Gasteiger partial charge on any atom is 0.352 e. The molecule has 21 heteroatoms. The van der Waals surface area contributed by atoms with Crippen LogP contribution in [0.4, 0.5) is 5.13 Å². The Kier molecular flexibility index (Phi) is 11.2. The zero-order valence-corrected chi connectivity index (χ0v) is 30.6. The number of phenols is 1. The second-order valence-corrected chi connectivity index (χ2v) is 15.2. The number of hydroxylamine groups is 2. The van der Waals surface area contributed by atoms with Crippen molar-refractivity contribution in [1.82, 2.24) is 20.3 Å². The van der Waals surface area contributed by atoms with Crippen LogP contribution in [-0.4, -0.2) is 138 Å². The number of ether oxygens (including phenoxy) is 1. The molecule has 0 unspecified atom stereocenters. The summed E-state index contributed by atoms with van der Waals surface area (Å²) in [5.74, 6) is -5.27. The first-order chi connectivity index (χ1) is 24.5. The number of hydrogen-bond acceptors (Lipinski definition) is 14. The van der Waals surface area contributed by atoms with Gasteiger partial charge >= 0.3 is 11.9 Å². The Balaban J connectivity index is 1.31. The number of anilines is 1. The van der Waals surface area contributed by atoms with Gasteiger partial charge in [-0.15, -0.1) is 23.1 Å². The number of aromatic hydroxyl groups is 1. The highest BCUT2D eigenvalue weighted by Gasteiger charge is 2.55. The lowest BCUT2D eigenvalue weighted by molar-refractivity contribution is -0.912. The van der Waals surface area contributed by atoms with Crippen molar-refractivity contribution in [3.63, 3.8) is 0 Å². The number of carbonyl (C=O) groups is 5. The highest BCUT2D eigenvalue weighted by Crippen LogP contribution is 2.42.